The van der Waals surface area contributed by atoms with E-state index in [1.807, 2.05) is 67.0 Å². The fourth-order valence-corrected chi connectivity index (χ4v) is 7.78. The van der Waals surface area contributed by atoms with Crippen LogP contribution >= 0.6 is 0 Å². The van der Waals surface area contributed by atoms with Crippen LogP contribution in [0.15, 0.2) is 205 Å². The summed E-state index contributed by atoms with van der Waals surface area (Å²) in [6.07, 6.45) is 3.78. The summed E-state index contributed by atoms with van der Waals surface area (Å²) < 4.78 is 6.11. The predicted octanol–water partition coefficient (Wildman–Crippen LogP) is 13.6. The summed E-state index contributed by atoms with van der Waals surface area (Å²) in [7, 11) is 0. The molecule has 4 aromatic heterocycles. The van der Waals surface area contributed by atoms with Crippen LogP contribution in [0.5, 0.6) is 0 Å². The largest absolute Gasteiger partial charge is 0.436 e. The maximum atomic E-state index is 6.11. The third-order valence-corrected chi connectivity index (χ3v) is 10.7. The van der Waals surface area contributed by atoms with Crippen molar-refractivity contribution in [3.63, 3.8) is 0 Å². The topological polar surface area (TPSA) is 67.9 Å². The molecule has 4 heterocycles. The molecule has 11 rings (SSSR count). The van der Waals surface area contributed by atoms with Crippen molar-refractivity contribution < 1.29 is 4.42 Å². The van der Waals surface area contributed by atoms with E-state index in [2.05, 4.69) is 138 Å². The smallest absolute Gasteiger partial charge is 0.227 e. The molecule has 0 radical (unpaired) electrons. The quantitative estimate of drug-likeness (QED) is 0.162. The lowest BCUT2D eigenvalue weighted by Gasteiger charge is -2.26. The van der Waals surface area contributed by atoms with Crippen molar-refractivity contribution in [1.82, 2.24) is 19.9 Å². The summed E-state index contributed by atoms with van der Waals surface area (Å²) in [4.78, 5) is 21.7. The Bertz CT molecular complexity index is 3250. The molecule has 7 aromatic carbocycles. The van der Waals surface area contributed by atoms with Gasteiger partial charge in [0.05, 0.1) is 22.6 Å². The monoisotopic (exact) mass is 743 g/mol. The summed E-state index contributed by atoms with van der Waals surface area (Å²) >= 11 is 0. The molecule has 272 valence electrons. The summed E-state index contributed by atoms with van der Waals surface area (Å²) in [6.45, 7) is 0. The SMILES string of the molecule is c1ccc(-c2nc(-c3ccc(N(c4ccc(-c5nc6ccccc6o5)cc4)c4ccc5cc(-c6cc7ccccc7cn6)ccc5c4)cc3)cc3cccnc23)cc1. The molecule has 0 bridgehead atoms. The first-order valence-corrected chi connectivity index (χ1v) is 19.3. The minimum atomic E-state index is 0.596. The van der Waals surface area contributed by atoms with Gasteiger partial charge in [-0.3, -0.25) is 9.97 Å². The molecule has 6 heteroatoms. The van der Waals surface area contributed by atoms with Crippen LogP contribution in [0.2, 0.25) is 0 Å². The number of rotatable bonds is 7. The second kappa shape index (κ2) is 14.0. The van der Waals surface area contributed by atoms with Crippen molar-refractivity contribution in [1.29, 1.82) is 0 Å². The zero-order valence-corrected chi connectivity index (χ0v) is 31.2. The molecule has 0 atom stereocenters. The van der Waals surface area contributed by atoms with Crippen LogP contribution < -0.4 is 4.90 Å². The van der Waals surface area contributed by atoms with Gasteiger partial charge in [0.25, 0.3) is 0 Å². The van der Waals surface area contributed by atoms with Gasteiger partial charge in [-0.25, -0.2) is 9.97 Å². The highest BCUT2D eigenvalue weighted by atomic mass is 16.3. The van der Waals surface area contributed by atoms with E-state index in [0.29, 0.717) is 5.89 Å². The third-order valence-electron chi connectivity index (χ3n) is 10.7. The number of benzene rings is 7. The Morgan fingerprint density at radius 3 is 1.86 bits per heavy atom. The maximum Gasteiger partial charge on any atom is 0.227 e. The van der Waals surface area contributed by atoms with Gasteiger partial charge in [-0.15, -0.1) is 0 Å². The summed E-state index contributed by atoms with van der Waals surface area (Å²) in [5.41, 5.74) is 12.3. The highest BCUT2D eigenvalue weighted by molar-refractivity contribution is 5.95. The van der Waals surface area contributed by atoms with Crippen LogP contribution in [-0.2, 0) is 0 Å². The first-order chi connectivity index (χ1) is 28.7. The molecule has 0 saturated heterocycles. The van der Waals surface area contributed by atoms with E-state index in [0.717, 1.165) is 94.6 Å². The third kappa shape index (κ3) is 6.10. The fourth-order valence-electron chi connectivity index (χ4n) is 7.78. The predicted molar refractivity (Wildman–Crippen MR) is 236 cm³/mol. The van der Waals surface area contributed by atoms with Crippen LogP contribution in [0.1, 0.15) is 0 Å². The molecule has 58 heavy (non-hydrogen) atoms. The Labute approximate surface area is 334 Å². The van der Waals surface area contributed by atoms with E-state index in [1.54, 1.807) is 0 Å². The fraction of sp³-hybridized carbons (Fsp3) is 0. The standard InChI is InChI=1S/C52H33N5O/c1-2-9-35(10-3-1)51-50-41(13-8-28-53-50)32-48(55-51)34-18-23-43(24-19-34)57(44-25-20-36(21-26-44)52-56-46-14-6-7-15-49(46)58-52)45-27-22-38-29-40(17-16-39(38)30-45)47-31-37-11-4-5-12-42(37)33-54-47/h1-33H. The number of oxazole rings is 1. The van der Waals surface area contributed by atoms with Crippen molar-refractivity contribution in [2.24, 2.45) is 0 Å². The maximum absolute atomic E-state index is 6.11. The number of anilines is 3. The number of hydrogen-bond donors (Lipinski definition) is 0. The molecule has 0 aliphatic carbocycles. The van der Waals surface area contributed by atoms with Gasteiger partial charge in [0.2, 0.25) is 5.89 Å². The average molecular weight is 744 g/mol. The molecule has 0 unspecified atom stereocenters. The second-order valence-corrected chi connectivity index (χ2v) is 14.4. The molecule has 0 saturated carbocycles. The molecular weight excluding hydrogens is 711 g/mol. The first kappa shape index (κ1) is 33.4. The van der Waals surface area contributed by atoms with E-state index in [1.165, 1.54) is 5.39 Å². The van der Waals surface area contributed by atoms with Crippen molar-refractivity contribution >= 4 is 60.6 Å². The average Bonchev–Trinajstić information content (AvgIpc) is 3.74. The molecule has 0 aliphatic rings. The van der Waals surface area contributed by atoms with E-state index in [9.17, 15) is 0 Å². The van der Waals surface area contributed by atoms with Gasteiger partial charge >= 0.3 is 0 Å². The summed E-state index contributed by atoms with van der Waals surface area (Å²) in [5.74, 6) is 0.596. The molecular formula is C52H33N5O. The Morgan fingerprint density at radius 1 is 0.397 bits per heavy atom. The number of fused-ring (bicyclic) bond motifs is 4. The van der Waals surface area contributed by atoms with Gasteiger partial charge < -0.3 is 9.32 Å². The van der Waals surface area contributed by atoms with Gasteiger partial charge in [-0.1, -0.05) is 103 Å². The highest BCUT2D eigenvalue weighted by Gasteiger charge is 2.17. The van der Waals surface area contributed by atoms with Crippen LogP contribution in [0.25, 0.3) is 88.8 Å². The van der Waals surface area contributed by atoms with Gasteiger partial charge in [0.1, 0.15) is 5.52 Å². The molecule has 0 spiro atoms. The lowest BCUT2D eigenvalue weighted by molar-refractivity contribution is 0.620. The van der Waals surface area contributed by atoms with Gasteiger partial charge in [-0.2, -0.15) is 0 Å². The minimum Gasteiger partial charge on any atom is -0.436 e. The molecule has 0 N–H and O–H groups in total. The van der Waals surface area contributed by atoms with E-state index >= 15 is 0 Å². The number of pyridine rings is 3. The van der Waals surface area contributed by atoms with Crippen molar-refractivity contribution in [3.05, 3.63) is 200 Å². The number of hydrogen-bond acceptors (Lipinski definition) is 6. The Hall–Kier alpha value is -7.96. The van der Waals surface area contributed by atoms with Crippen LogP contribution in [-0.4, -0.2) is 19.9 Å². The number of aromatic nitrogens is 4. The Balaban J connectivity index is 0.988. The highest BCUT2D eigenvalue weighted by Crippen LogP contribution is 2.39. The summed E-state index contributed by atoms with van der Waals surface area (Å²) in [6, 6.07) is 65.0. The van der Waals surface area contributed by atoms with E-state index in [4.69, 9.17) is 24.4 Å². The molecule has 11 aromatic rings. The normalized spacial score (nSPS) is 11.4. The van der Waals surface area contributed by atoms with Crippen molar-refractivity contribution in [2.45, 2.75) is 0 Å². The van der Waals surface area contributed by atoms with Crippen LogP contribution in [0.3, 0.4) is 0 Å². The first-order valence-electron chi connectivity index (χ1n) is 19.3. The molecule has 0 aliphatic heterocycles. The van der Waals surface area contributed by atoms with Crippen LogP contribution in [0.4, 0.5) is 17.1 Å². The van der Waals surface area contributed by atoms with E-state index in [-0.39, 0.29) is 0 Å². The zero-order valence-electron chi connectivity index (χ0n) is 31.2. The van der Waals surface area contributed by atoms with Crippen LogP contribution in [0, 0.1) is 0 Å². The van der Waals surface area contributed by atoms with Gasteiger partial charge in [0, 0.05) is 62.5 Å². The zero-order chi connectivity index (χ0) is 38.4. The van der Waals surface area contributed by atoms with E-state index < -0.39 is 0 Å². The Morgan fingerprint density at radius 2 is 1.03 bits per heavy atom. The van der Waals surface area contributed by atoms with Crippen molar-refractivity contribution in [3.8, 4) is 45.2 Å². The lowest BCUT2D eigenvalue weighted by atomic mass is 10.0. The second-order valence-electron chi connectivity index (χ2n) is 14.4. The van der Waals surface area contributed by atoms with Crippen molar-refractivity contribution in [2.75, 3.05) is 4.90 Å². The van der Waals surface area contributed by atoms with Gasteiger partial charge in [-0.05, 0) is 101 Å². The number of nitrogens with zero attached hydrogens (tertiary/aromatic N) is 5. The summed E-state index contributed by atoms with van der Waals surface area (Å²) in [5, 5.41) is 5.64. The minimum absolute atomic E-state index is 0.596. The molecule has 0 fully saturated rings. The Kier molecular flexibility index (Phi) is 8.04. The molecule has 6 nitrogen and oxygen atoms in total. The lowest BCUT2D eigenvalue weighted by Crippen LogP contribution is -2.10. The molecule has 0 amide bonds. The number of para-hydroxylation sites is 2. The van der Waals surface area contributed by atoms with Gasteiger partial charge in [0.15, 0.2) is 5.58 Å².